The van der Waals surface area contributed by atoms with Gasteiger partial charge in [0.25, 0.3) is 0 Å². The van der Waals surface area contributed by atoms with Crippen molar-refractivity contribution in [2.45, 2.75) is 101 Å². The number of nitriles is 1. The van der Waals surface area contributed by atoms with Crippen molar-refractivity contribution in [2.24, 2.45) is 5.92 Å². The highest BCUT2D eigenvalue weighted by Crippen LogP contribution is 2.45. The van der Waals surface area contributed by atoms with Gasteiger partial charge in [0, 0.05) is 36.7 Å². The zero-order valence-corrected chi connectivity index (χ0v) is 26.8. The highest BCUT2D eigenvalue weighted by Gasteiger charge is 2.53. The maximum atomic E-state index is 15.5. The van der Waals surface area contributed by atoms with Crippen molar-refractivity contribution < 1.29 is 28.2 Å². The Morgan fingerprint density at radius 3 is 2.63 bits per heavy atom. The van der Waals surface area contributed by atoms with Crippen molar-refractivity contribution in [3.8, 4) is 17.3 Å². The zero-order valence-electron chi connectivity index (χ0n) is 26.8. The third kappa shape index (κ3) is 5.76. The molecule has 4 atom stereocenters. The molecule has 244 valence electrons. The Kier molecular flexibility index (Phi) is 8.02. The normalized spacial score (nSPS) is 26.0. The Morgan fingerprint density at radius 2 is 1.96 bits per heavy atom. The number of benzene rings is 1. The van der Waals surface area contributed by atoms with Gasteiger partial charge in [-0.2, -0.15) is 5.26 Å². The number of fused-ring (bicyclic) bond motifs is 4. The molecule has 0 radical (unpaired) electrons. The highest BCUT2D eigenvalue weighted by molar-refractivity contribution is 5.87. The van der Waals surface area contributed by atoms with E-state index < -0.39 is 41.1 Å². The maximum absolute atomic E-state index is 15.5. The third-order valence-electron chi connectivity index (χ3n) is 10.4. The quantitative estimate of drug-likeness (QED) is 0.497. The second-order valence-electron chi connectivity index (χ2n) is 14.5. The van der Waals surface area contributed by atoms with Crippen LogP contribution in [0.1, 0.15) is 69.7 Å². The molecule has 1 spiro atoms. The third-order valence-corrected chi connectivity index (χ3v) is 10.4. The van der Waals surface area contributed by atoms with Crippen molar-refractivity contribution in [3.63, 3.8) is 0 Å². The summed E-state index contributed by atoms with van der Waals surface area (Å²) in [5.41, 5.74) is 2.56. The van der Waals surface area contributed by atoms with Gasteiger partial charge in [-0.15, -0.1) is 0 Å². The van der Waals surface area contributed by atoms with Gasteiger partial charge in [0.05, 0.1) is 43.3 Å². The lowest BCUT2D eigenvalue weighted by molar-refractivity contribution is -0.128. The molecular weight excluding hydrogens is 589 g/mol. The van der Waals surface area contributed by atoms with Crippen LogP contribution in [0.15, 0.2) is 30.3 Å². The summed E-state index contributed by atoms with van der Waals surface area (Å²) < 4.78 is 32.9. The Bertz CT molecular complexity index is 1560. The topological polar surface area (TPSA) is 117 Å². The van der Waals surface area contributed by atoms with Crippen LogP contribution in [0.3, 0.4) is 0 Å². The first-order valence-corrected chi connectivity index (χ1v) is 16.5. The Labute approximate surface area is 269 Å². The number of likely N-dealkylation sites (tertiary alicyclic amines) is 2. The number of amides is 2. The van der Waals surface area contributed by atoms with Gasteiger partial charge in [0.2, 0.25) is 5.91 Å². The SMILES string of the molecule is CC(C)(C)OC(=O)N1[C@@H]2CC[C@@H](C2)[C@H]1C(=O)N[C@H](C#N)Cc1ccc(-c2ccc3c(n2)C2(CCN(C4COC4)CC2)OC3)cc1F. The minimum Gasteiger partial charge on any atom is -0.444 e. The summed E-state index contributed by atoms with van der Waals surface area (Å²) in [6.07, 6.45) is 3.62. The van der Waals surface area contributed by atoms with E-state index in [0.29, 0.717) is 29.5 Å². The molecule has 3 saturated heterocycles. The summed E-state index contributed by atoms with van der Waals surface area (Å²) >= 11 is 0. The minimum atomic E-state index is -0.958. The summed E-state index contributed by atoms with van der Waals surface area (Å²) in [4.78, 5) is 35.5. The van der Waals surface area contributed by atoms with Crippen molar-refractivity contribution in [3.05, 3.63) is 53.0 Å². The van der Waals surface area contributed by atoms with Gasteiger partial charge < -0.3 is 19.5 Å². The van der Waals surface area contributed by atoms with Gasteiger partial charge in [0.15, 0.2) is 0 Å². The number of carbonyl (C=O) groups excluding carboxylic acids is 2. The van der Waals surface area contributed by atoms with Gasteiger partial charge >= 0.3 is 6.09 Å². The second-order valence-corrected chi connectivity index (χ2v) is 14.5. The second kappa shape index (κ2) is 11.9. The van der Waals surface area contributed by atoms with E-state index in [9.17, 15) is 14.9 Å². The number of nitrogens with one attached hydrogen (secondary N) is 1. The molecule has 4 aliphatic heterocycles. The van der Waals surface area contributed by atoms with Crippen molar-refractivity contribution in [1.29, 1.82) is 5.26 Å². The molecule has 2 amide bonds. The summed E-state index contributed by atoms with van der Waals surface area (Å²) in [6, 6.07) is 9.75. The molecule has 1 N–H and O–H groups in total. The summed E-state index contributed by atoms with van der Waals surface area (Å²) in [6.45, 7) is 9.36. The van der Waals surface area contributed by atoms with E-state index in [2.05, 4.69) is 16.3 Å². The van der Waals surface area contributed by atoms with E-state index >= 15 is 4.39 Å². The number of hydrogen-bond donors (Lipinski definition) is 1. The average molecular weight is 632 g/mol. The average Bonchev–Trinajstić information content (AvgIpc) is 3.71. The summed E-state index contributed by atoms with van der Waals surface area (Å²) in [5, 5.41) is 12.7. The number of piperidine rings is 2. The molecule has 2 aromatic rings. The van der Waals surface area contributed by atoms with Crippen LogP contribution in [0.2, 0.25) is 0 Å². The molecule has 7 rings (SSSR count). The molecule has 1 aromatic heterocycles. The van der Waals surface area contributed by atoms with Crippen LogP contribution >= 0.6 is 0 Å². The molecule has 5 aliphatic rings. The number of pyridine rings is 1. The minimum absolute atomic E-state index is 0.00128. The fraction of sp³-hybridized carbons (Fsp3) is 0.600. The van der Waals surface area contributed by atoms with E-state index in [0.717, 1.165) is 69.7 Å². The van der Waals surface area contributed by atoms with E-state index in [1.54, 1.807) is 31.7 Å². The number of halogens is 1. The van der Waals surface area contributed by atoms with E-state index in [1.807, 2.05) is 18.2 Å². The van der Waals surface area contributed by atoms with Gasteiger partial charge in [-0.25, -0.2) is 14.2 Å². The standard InChI is InChI=1S/C35H42FN5O5/c1-34(2,3)46-33(43)41-26-8-6-23(15-26)30(41)32(42)38-25(17-37)14-21-4-5-22(16-28(21)36)29-9-7-24-18-45-35(31(24)39-29)10-12-40(13-11-35)27-19-44-20-27/h4-5,7,9,16,23,25-27,30H,6,8,10-15,18-20H2,1-3H3,(H,38,42)/t23-,25-,26+,30-/m0/s1. The number of rotatable bonds is 6. The first kappa shape index (κ1) is 31.0. The van der Waals surface area contributed by atoms with Gasteiger partial charge in [-0.05, 0) is 76.5 Å². The lowest BCUT2D eigenvalue weighted by Crippen LogP contribution is -2.55. The molecule has 10 nitrogen and oxygen atoms in total. The van der Waals surface area contributed by atoms with E-state index in [4.69, 9.17) is 19.2 Å². The van der Waals surface area contributed by atoms with Crippen LogP contribution in [0, 0.1) is 23.1 Å². The smallest absolute Gasteiger partial charge is 0.411 e. The fourth-order valence-corrected chi connectivity index (χ4v) is 7.89. The predicted molar refractivity (Wildman–Crippen MR) is 166 cm³/mol. The number of ether oxygens (including phenoxy) is 3. The summed E-state index contributed by atoms with van der Waals surface area (Å²) in [5.74, 6) is -0.847. The van der Waals surface area contributed by atoms with Crippen molar-refractivity contribution in [2.75, 3.05) is 26.3 Å². The Balaban J connectivity index is 1.03. The first-order valence-electron chi connectivity index (χ1n) is 16.5. The summed E-state index contributed by atoms with van der Waals surface area (Å²) in [7, 11) is 0. The van der Waals surface area contributed by atoms with Gasteiger partial charge in [-0.3, -0.25) is 14.6 Å². The Hall–Kier alpha value is -3.59. The number of hydrogen-bond acceptors (Lipinski definition) is 8. The maximum Gasteiger partial charge on any atom is 0.411 e. The molecule has 2 bridgehead atoms. The number of nitrogens with zero attached hydrogens (tertiary/aromatic N) is 4. The van der Waals surface area contributed by atoms with Crippen LogP contribution in [-0.4, -0.2) is 82.9 Å². The number of aromatic nitrogens is 1. The molecule has 1 aromatic carbocycles. The monoisotopic (exact) mass is 631 g/mol. The van der Waals surface area contributed by atoms with E-state index in [1.165, 1.54) is 6.07 Å². The molecule has 11 heteroatoms. The Morgan fingerprint density at radius 1 is 1.17 bits per heavy atom. The lowest BCUT2D eigenvalue weighted by Gasteiger charge is -2.44. The molecule has 1 saturated carbocycles. The van der Waals surface area contributed by atoms with Crippen LogP contribution in [-0.2, 0) is 37.6 Å². The van der Waals surface area contributed by atoms with Gasteiger partial charge in [0.1, 0.15) is 29.1 Å². The van der Waals surface area contributed by atoms with Crippen LogP contribution in [0.4, 0.5) is 9.18 Å². The highest BCUT2D eigenvalue weighted by atomic mass is 19.1. The predicted octanol–water partition coefficient (Wildman–Crippen LogP) is 4.45. The van der Waals surface area contributed by atoms with Crippen LogP contribution in [0.5, 0.6) is 0 Å². The van der Waals surface area contributed by atoms with E-state index in [-0.39, 0.29) is 18.4 Å². The van der Waals surface area contributed by atoms with Crippen molar-refractivity contribution >= 4 is 12.0 Å². The van der Waals surface area contributed by atoms with Crippen LogP contribution < -0.4 is 5.32 Å². The molecule has 0 unspecified atom stereocenters. The van der Waals surface area contributed by atoms with Crippen LogP contribution in [0.25, 0.3) is 11.3 Å². The fourth-order valence-electron chi connectivity index (χ4n) is 7.89. The molecule has 1 aliphatic carbocycles. The molecule has 5 heterocycles. The molecule has 4 fully saturated rings. The number of carbonyl (C=O) groups is 2. The van der Waals surface area contributed by atoms with Gasteiger partial charge in [-0.1, -0.05) is 18.2 Å². The lowest BCUT2D eigenvalue weighted by atomic mass is 9.86. The first-order chi connectivity index (χ1) is 22.0. The molecule has 46 heavy (non-hydrogen) atoms. The largest absolute Gasteiger partial charge is 0.444 e. The van der Waals surface area contributed by atoms with Crippen molar-refractivity contribution in [1.82, 2.24) is 20.1 Å². The zero-order chi connectivity index (χ0) is 32.2. The molecular formula is C35H42FN5O5.